The molecule has 0 aliphatic heterocycles. The van der Waals surface area contributed by atoms with Gasteiger partial charge < -0.3 is 166 Å². The Balaban J connectivity index is -0.000000333. The Morgan fingerprint density at radius 1 is 0.235 bits per heavy atom. The van der Waals surface area contributed by atoms with Gasteiger partial charge in [0.05, 0.1) is 52.4 Å². The maximum absolute atomic E-state index is 5.90. The van der Waals surface area contributed by atoms with E-state index in [1.165, 1.54) is 205 Å². The molecule has 0 aliphatic rings. The van der Waals surface area contributed by atoms with E-state index in [2.05, 4.69) is 111 Å². The van der Waals surface area contributed by atoms with Crippen LogP contribution in [0.15, 0.2) is 0 Å². The van der Waals surface area contributed by atoms with E-state index in [-0.39, 0.29) is 21.1 Å². The molecule has 85 heavy (non-hydrogen) atoms. The van der Waals surface area contributed by atoms with E-state index < -0.39 is 0 Å². The number of thiocarbonyl (C=S) groups is 4. The maximum Gasteiger partial charge on any atom is 4.00 e. The number of hydrogen-bond donors (Lipinski definition) is 0. The first-order valence-corrected chi connectivity index (χ1v) is 39.6. The van der Waals surface area contributed by atoms with E-state index >= 15 is 0 Å². The number of rotatable bonds is 48. The van der Waals surface area contributed by atoms with Crippen molar-refractivity contribution in [1.82, 2.24) is 0 Å². The van der Waals surface area contributed by atoms with Crippen LogP contribution in [0.2, 0.25) is 0 Å². The van der Waals surface area contributed by atoms with Gasteiger partial charge in [0.15, 0.2) is 0 Å². The van der Waals surface area contributed by atoms with Crippen LogP contribution in [0.1, 0.15) is 316 Å². The van der Waals surface area contributed by atoms with E-state index in [9.17, 15) is 0 Å². The van der Waals surface area contributed by atoms with Crippen molar-refractivity contribution >= 4 is 168 Å². The van der Waals surface area contributed by atoms with Crippen molar-refractivity contribution in [1.29, 1.82) is 0 Å². The average molecular weight is 1490 g/mol. The number of unbranched alkanes of at least 4 members (excludes halogenated alkanes) is 8. The second-order valence-electron chi connectivity index (χ2n) is 25.4. The molecule has 4 nitrogen and oxygen atoms in total. The predicted octanol–water partition coefficient (Wildman–Crippen LogP) is 22.1. The fourth-order valence-corrected chi connectivity index (χ4v) is 14.4. The third-order valence-corrected chi connectivity index (χ3v) is 23.7. The SMILES string of the molecule is CCCCC(CC)C[N+]([S-])(CC(CC)CCCC)C(=S)[S-].CCCCC(CC)C[N+]([S-])(CC(CC)CCCC)C(=S)[S-].CCCCC(CC)C[N+]([S-])(CC(CC)CCCC)C(=S)[S-].CCCCC(CC)C[N+]([S-])(CC(CC)CCCC)C(=S)[S-].[Mo+4]. The van der Waals surface area contributed by atoms with Crippen molar-refractivity contribution in [3.05, 3.63) is 0 Å². The standard InChI is InChI=1S/4C17H35NS3.Mo/c4*1-5-9-11-15(7-3)13-18(21,17(19)20)14-16(8-4)12-10-6-2;/h4*15-16H,5-14H2,1-4H3,(H,19,20);/q;;;;+4/p-4. The van der Waals surface area contributed by atoms with Crippen molar-refractivity contribution in [2.24, 2.45) is 47.3 Å². The molecule has 0 bridgehead atoms. The summed E-state index contributed by atoms with van der Waals surface area (Å²) in [5, 5.41) is 0. The van der Waals surface area contributed by atoms with Crippen LogP contribution in [0.25, 0.3) is 0 Å². The van der Waals surface area contributed by atoms with Crippen LogP contribution >= 0.6 is 48.9 Å². The number of hydrogen-bond acceptors (Lipinski definition) is 12. The Kier molecular flexibility index (Phi) is 69.3. The first-order chi connectivity index (χ1) is 39.7. The van der Waals surface area contributed by atoms with Crippen molar-refractivity contribution in [2.75, 3.05) is 52.4 Å². The summed E-state index contributed by atoms with van der Waals surface area (Å²) in [7, 11) is 0. The molecule has 0 aromatic rings. The third-order valence-electron chi connectivity index (χ3n) is 18.1. The van der Waals surface area contributed by atoms with Crippen LogP contribution in [0, 0.1) is 47.3 Å². The molecule has 506 valence electrons. The Hall–Kier alpha value is 3.17. The summed E-state index contributed by atoms with van der Waals surface area (Å²) in [5.41, 5.74) is 0. The van der Waals surface area contributed by atoms with Gasteiger partial charge in [0.25, 0.3) is 0 Å². The predicted molar refractivity (Wildman–Crippen MR) is 416 cm³/mol. The van der Waals surface area contributed by atoms with Crippen LogP contribution < -0.4 is 0 Å². The molecule has 0 aromatic carbocycles. The topological polar surface area (TPSA) is 0 Å². The van der Waals surface area contributed by atoms with Gasteiger partial charge in [-0.3, -0.25) is 0 Å². The zero-order valence-corrected chi connectivity index (χ0v) is 69.8. The fraction of sp³-hybridized carbons (Fsp3) is 0.941. The van der Waals surface area contributed by atoms with Crippen molar-refractivity contribution in [3.8, 4) is 0 Å². The minimum atomic E-state index is 0. The van der Waals surface area contributed by atoms with Crippen molar-refractivity contribution in [2.45, 2.75) is 316 Å². The quantitative estimate of drug-likeness (QED) is 0.0247. The first-order valence-electron chi connectivity index (χ1n) is 34.9. The molecule has 0 heterocycles. The van der Waals surface area contributed by atoms with Crippen LogP contribution in [0.4, 0.5) is 0 Å². The number of quaternary nitrogens is 4. The van der Waals surface area contributed by atoms with Crippen molar-refractivity contribution < 1.29 is 36.6 Å². The van der Waals surface area contributed by atoms with E-state index in [1.807, 2.05) is 0 Å². The molecule has 0 N–H and O–H groups in total. The smallest absolute Gasteiger partial charge is 0.489 e. The summed E-state index contributed by atoms with van der Waals surface area (Å²) in [6.45, 7) is 43.7. The maximum atomic E-state index is 5.90. The molecule has 0 spiro atoms. The molecule has 0 amide bonds. The van der Waals surface area contributed by atoms with Crippen LogP contribution in [-0.2, 0) is 123 Å². The zero-order chi connectivity index (χ0) is 65.2. The summed E-state index contributed by atoms with van der Waals surface area (Å²) >= 11 is 66.6. The zero-order valence-electron chi connectivity index (χ0n) is 58.0. The monoisotopic (exact) mass is 1490 g/mol. The number of nitrogens with zero attached hydrogens (tertiary/aromatic N) is 4. The molecular formula is C68H136MoN4S12. The van der Waals surface area contributed by atoms with Gasteiger partial charge in [0.1, 0.15) is 0 Å². The van der Waals surface area contributed by atoms with Gasteiger partial charge >= 0.3 is 21.1 Å². The van der Waals surface area contributed by atoms with Gasteiger partial charge in [-0.25, -0.2) is 0 Å². The first kappa shape index (κ1) is 96.9. The molecular weight excluding hydrogens is 1350 g/mol. The minimum Gasteiger partial charge on any atom is -0.489 e. The Morgan fingerprint density at radius 3 is 0.388 bits per heavy atom. The normalized spacial score (nSPS) is 17.0. The largest absolute Gasteiger partial charge is 4.00 e. The Morgan fingerprint density at radius 2 is 0.329 bits per heavy atom. The van der Waals surface area contributed by atoms with Crippen LogP contribution in [0.5, 0.6) is 0 Å². The van der Waals surface area contributed by atoms with Gasteiger partial charge in [0, 0.05) is 64.6 Å². The van der Waals surface area contributed by atoms with Gasteiger partial charge in [-0.05, 0) is 103 Å². The average Bonchev–Trinajstić information content (AvgIpc) is 3.47. The van der Waals surface area contributed by atoms with Gasteiger partial charge in [-0.15, -0.1) is 0 Å². The molecule has 0 aliphatic carbocycles. The molecule has 8 atom stereocenters. The van der Waals surface area contributed by atoms with Gasteiger partial charge in [0.2, 0.25) is 0 Å². The van der Waals surface area contributed by atoms with E-state index in [0.29, 0.717) is 80.2 Å². The Bertz CT molecular complexity index is 1280. The summed E-state index contributed by atoms with van der Waals surface area (Å²) < 4.78 is 3.96. The van der Waals surface area contributed by atoms with Gasteiger partial charge in [-0.1, -0.05) is 214 Å². The molecule has 0 radical (unpaired) electrons. The Labute approximate surface area is 614 Å². The molecule has 17 heteroatoms. The summed E-state index contributed by atoms with van der Waals surface area (Å²) in [5.74, 6) is 5.27. The molecule has 0 fully saturated rings. The fourth-order valence-electron chi connectivity index (χ4n) is 11.6. The summed E-state index contributed by atoms with van der Waals surface area (Å²) in [6.07, 6.45) is 39.8. The van der Waals surface area contributed by atoms with E-state index in [0.717, 1.165) is 52.4 Å². The summed E-state index contributed by atoms with van der Waals surface area (Å²) in [6, 6.07) is 0. The van der Waals surface area contributed by atoms with E-state index in [1.54, 1.807) is 0 Å². The molecule has 0 aromatic heterocycles. The van der Waals surface area contributed by atoms with E-state index in [4.69, 9.17) is 151 Å². The molecule has 0 saturated heterocycles. The minimum absolute atomic E-state index is 0. The summed E-state index contributed by atoms with van der Waals surface area (Å²) in [4.78, 5) is 0. The molecule has 0 rings (SSSR count). The second kappa shape index (κ2) is 60.8. The van der Waals surface area contributed by atoms with Crippen LogP contribution in [-0.4, -0.2) is 85.2 Å². The van der Waals surface area contributed by atoms with Crippen LogP contribution in [0.3, 0.4) is 0 Å². The molecule has 0 saturated carbocycles. The third kappa shape index (κ3) is 47.7. The molecule has 8 unspecified atom stereocenters. The van der Waals surface area contributed by atoms with Gasteiger partial charge in [-0.2, -0.15) is 0 Å². The second-order valence-corrected chi connectivity index (χ2v) is 32.3. The van der Waals surface area contributed by atoms with Crippen molar-refractivity contribution in [3.63, 3.8) is 0 Å².